The lowest BCUT2D eigenvalue weighted by Gasteiger charge is -2.41. The second-order valence-electron chi connectivity index (χ2n) is 8.61. The summed E-state index contributed by atoms with van der Waals surface area (Å²) in [5.41, 5.74) is 2.88. The van der Waals surface area contributed by atoms with E-state index in [2.05, 4.69) is 48.0 Å². The van der Waals surface area contributed by atoms with Gasteiger partial charge in [-0.1, -0.05) is 29.8 Å². The molecule has 0 aliphatic carbocycles. The third kappa shape index (κ3) is 4.53. The van der Waals surface area contributed by atoms with Gasteiger partial charge in [-0.3, -0.25) is 9.59 Å². The molecule has 0 spiro atoms. The number of hydrogen-bond acceptors (Lipinski definition) is 3. The molecular formula is C23H31N3O3. The van der Waals surface area contributed by atoms with E-state index >= 15 is 0 Å². The molecule has 0 bridgehead atoms. The molecule has 0 fully saturated rings. The molecule has 0 radical (unpaired) electrons. The first kappa shape index (κ1) is 21.1. The first-order valence-electron chi connectivity index (χ1n) is 10.0. The number of carbonyl (C=O) groups is 2. The Kier molecular flexibility index (Phi) is 6.13. The summed E-state index contributed by atoms with van der Waals surface area (Å²) in [6, 6.07) is 12.2. The van der Waals surface area contributed by atoms with E-state index in [0.717, 1.165) is 17.8 Å². The first-order valence-corrected chi connectivity index (χ1v) is 10.0. The summed E-state index contributed by atoms with van der Waals surface area (Å²) in [5.74, 6) is -0.233. The van der Waals surface area contributed by atoms with E-state index in [4.69, 9.17) is 4.74 Å². The van der Waals surface area contributed by atoms with Crippen LogP contribution in [0.2, 0.25) is 0 Å². The fraction of sp³-hybridized carbons (Fsp3) is 0.478. The Labute approximate surface area is 173 Å². The summed E-state index contributed by atoms with van der Waals surface area (Å²) >= 11 is 0. The third-order valence-electron chi connectivity index (χ3n) is 5.42. The van der Waals surface area contributed by atoms with Gasteiger partial charge in [0, 0.05) is 37.6 Å². The topological polar surface area (TPSA) is 54.8 Å². The largest absolute Gasteiger partial charge is 0.375 e. The Morgan fingerprint density at radius 1 is 1.14 bits per heavy atom. The minimum Gasteiger partial charge on any atom is -0.375 e. The normalized spacial score (nSPS) is 16.4. The number of amides is 2. The Bertz CT molecular complexity index is 864. The van der Waals surface area contributed by atoms with Crippen LogP contribution < -0.4 is 0 Å². The van der Waals surface area contributed by atoms with Crippen LogP contribution in [-0.2, 0) is 20.9 Å². The average Bonchev–Trinajstić information content (AvgIpc) is 3.14. The number of carbonyl (C=O) groups excluding carboxylic acids is 2. The van der Waals surface area contributed by atoms with E-state index in [9.17, 15) is 9.59 Å². The van der Waals surface area contributed by atoms with Crippen molar-refractivity contribution < 1.29 is 14.3 Å². The standard InChI is InChI=1S/C23H31N3O3/c1-17-8-10-18(11-9-17)22-19-7-6-12-24(19)13-14-25(22)20(27)15-26(23(2,3)4)21(28)16-29-5/h6-12,22H,13-16H2,1-5H3/t22-/m0/s1. The smallest absolute Gasteiger partial charge is 0.249 e. The van der Waals surface area contributed by atoms with Gasteiger partial charge in [0.15, 0.2) is 0 Å². The Hall–Kier alpha value is -2.60. The monoisotopic (exact) mass is 397 g/mol. The zero-order valence-electron chi connectivity index (χ0n) is 18.0. The van der Waals surface area contributed by atoms with E-state index in [1.54, 1.807) is 4.90 Å². The first-order chi connectivity index (χ1) is 13.7. The van der Waals surface area contributed by atoms with Crippen molar-refractivity contribution in [2.45, 2.75) is 45.8 Å². The maximum atomic E-state index is 13.4. The number of ether oxygens (including phenoxy) is 1. The highest BCUT2D eigenvalue weighted by molar-refractivity contribution is 5.86. The van der Waals surface area contributed by atoms with Crippen LogP contribution in [0.1, 0.15) is 43.6 Å². The Balaban J connectivity index is 1.91. The highest BCUT2D eigenvalue weighted by Crippen LogP contribution is 2.33. The van der Waals surface area contributed by atoms with Crippen LogP contribution in [-0.4, -0.2) is 58.5 Å². The molecule has 0 N–H and O–H groups in total. The minimum absolute atomic E-state index is 0.0329. The molecule has 1 aliphatic rings. The summed E-state index contributed by atoms with van der Waals surface area (Å²) in [6.07, 6.45) is 2.06. The fourth-order valence-corrected chi connectivity index (χ4v) is 3.88. The van der Waals surface area contributed by atoms with Crippen molar-refractivity contribution in [3.63, 3.8) is 0 Å². The molecule has 1 aromatic heterocycles. The maximum absolute atomic E-state index is 13.4. The van der Waals surface area contributed by atoms with Crippen molar-refractivity contribution in [3.05, 3.63) is 59.4 Å². The van der Waals surface area contributed by atoms with Crippen LogP contribution in [0.25, 0.3) is 0 Å². The van der Waals surface area contributed by atoms with Crippen molar-refractivity contribution >= 4 is 11.8 Å². The van der Waals surface area contributed by atoms with Gasteiger partial charge in [-0.25, -0.2) is 0 Å². The molecule has 1 aliphatic heterocycles. The molecule has 2 aromatic rings. The zero-order chi connectivity index (χ0) is 21.2. The van der Waals surface area contributed by atoms with E-state index in [1.165, 1.54) is 12.7 Å². The number of fused-ring (bicyclic) bond motifs is 1. The number of nitrogens with zero attached hydrogens (tertiary/aromatic N) is 3. The van der Waals surface area contributed by atoms with Gasteiger partial charge in [-0.2, -0.15) is 0 Å². The van der Waals surface area contributed by atoms with Gasteiger partial charge >= 0.3 is 0 Å². The van der Waals surface area contributed by atoms with E-state index in [0.29, 0.717) is 6.54 Å². The number of hydrogen-bond donors (Lipinski definition) is 0. The molecule has 0 saturated heterocycles. The number of aromatic nitrogens is 1. The second-order valence-corrected chi connectivity index (χ2v) is 8.61. The average molecular weight is 398 g/mol. The van der Waals surface area contributed by atoms with Crippen LogP contribution in [0.15, 0.2) is 42.6 Å². The fourth-order valence-electron chi connectivity index (χ4n) is 3.88. The Morgan fingerprint density at radius 3 is 2.45 bits per heavy atom. The van der Waals surface area contributed by atoms with E-state index in [-0.39, 0.29) is 31.0 Å². The molecule has 156 valence electrons. The lowest BCUT2D eigenvalue weighted by molar-refractivity contribution is -0.148. The molecule has 6 nitrogen and oxygen atoms in total. The van der Waals surface area contributed by atoms with Gasteiger partial charge < -0.3 is 19.1 Å². The van der Waals surface area contributed by atoms with Crippen molar-refractivity contribution in [1.29, 1.82) is 0 Å². The van der Waals surface area contributed by atoms with Gasteiger partial charge in [0.1, 0.15) is 13.2 Å². The molecule has 0 saturated carbocycles. The predicted molar refractivity (Wildman–Crippen MR) is 113 cm³/mol. The van der Waals surface area contributed by atoms with E-state index in [1.807, 2.05) is 31.7 Å². The molecule has 1 atom stereocenters. The summed E-state index contributed by atoms with van der Waals surface area (Å²) in [4.78, 5) is 29.5. The quantitative estimate of drug-likeness (QED) is 0.779. The highest BCUT2D eigenvalue weighted by atomic mass is 16.5. The molecule has 1 aromatic carbocycles. The summed E-state index contributed by atoms with van der Waals surface area (Å²) < 4.78 is 7.23. The Morgan fingerprint density at radius 2 is 1.83 bits per heavy atom. The van der Waals surface area contributed by atoms with Crippen LogP contribution in [0.3, 0.4) is 0 Å². The lowest BCUT2D eigenvalue weighted by atomic mass is 9.98. The van der Waals surface area contributed by atoms with Crippen LogP contribution in [0.4, 0.5) is 0 Å². The molecule has 0 unspecified atom stereocenters. The SMILES string of the molecule is COCC(=O)N(CC(=O)N1CCn2cccc2[C@@H]1c1ccc(C)cc1)C(C)(C)C. The number of rotatable bonds is 5. The molecule has 2 amide bonds. The second kappa shape index (κ2) is 8.41. The number of methoxy groups -OCH3 is 1. The van der Waals surface area contributed by atoms with E-state index < -0.39 is 5.54 Å². The van der Waals surface area contributed by atoms with Gasteiger partial charge in [0.2, 0.25) is 11.8 Å². The molecular weight excluding hydrogens is 366 g/mol. The summed E-state index contributed by atoms with van der Waals surface area (Å²) in [5, 5.41) is 0. The number of benzene rings is 1. The zero-order valence-corrected chi connectivity index (χ0v) is 18.0. The minimum atomic E-state index is -0.472. The molecule has 3 rings (SSSR count). The highest BCUT2D eigenvalue weighted by Gasteiger charge is 2.35. The van der Waals surface area contributed by atoms with Crippen LogP contribution >= 0.6 is 0 Å². The number of aryl methyl sites for hydroxylation is 1. The van der Waals surface area contributed by atoms with Gasteiger partial charge in [-0.05, 0) is 45.4 Å². The molecule has 6 heteroatoms. The van der Waals surface area contributed by atoms with Crippen LogP contribution in [0.5, 0.6) is 0 Å². The summed E-state index contributed by atoms with van der Waals surface area (Å²) in [7, 11) is 1.49. The van der Waals surface area contributed by atoms with Crippen molar-refractivity contribution in [3.8, 4) is 0 Å². The van der Waals surface area contributed by atoms with Crippen molar-refractivity contribution in [1.82, 2.24) is 14.4 Å². The van der Waals surface area contributed by atoms with Gasteiger partial charge in [0.05, 0.1) is 6.04 Å². The molecule has 2 heterocycles. The molecule has 29 heavy (non-hydrogen) atoms. The van der Waals surface area contributed by atoms with Gasteiger partial charge in [-0.15, -0.1) is 0 Å². The van der Waals surface area contributed by atoms with Crippen molar-refractivity contribution in [2.75, 3.05) is 26.8 Å². The maximum Gasteiger partial charge on any atom is 0.249 e. The lowest BCUT2D eigenvalue weighted by Crippen LogP contribution is -2.53. The van der Waals surface area contributed by atoms with Gasteiger partial charge in [0.25, 0.3) is 0 Å². The third-order valence-corrected chi connectivity index (χ3v) is 5.42. The van der Waals surface area contributed by atoms with Crippen molar-refractivity contribution in [2.24, 2.45) is 0 Å². The predicted octanol–water partition coefficient (Wildman–Crippen LogP) is 3.00. The summed E-state index contributed by atoms with van der Waals surface area (Å²) in [6.45, 7) is 9.22. The van der Waals surface area contributed by atoms with Crippen LogP contribution in [0, 0.1) is 6.92 Å².